The molecule has 0 bridgehead atoms. The molecule has 2 heterocycles. The van der Waals surface area contributed by atoms with Crippen LogP contribution in [0.3, 0.4) is 0 Å². The topological polar surface area (TPSA) is 92.5 Å². The number of hydrazine groups is 1. The summed E-state index contributed by atoms with van der Waals surface area (Å²) >= 11 is 0. The number of hydrogen-bond donors (Lipinski definition) is 3. The Kier molecular flexibility index (Phi) is 2.71. The zero-order valence-corrected chi connectivity index (χ0v) is 9.54. The molecule has 0 radical (unpaired) electrons. The van der Waals surface area contributed by atoms with Gasteiger partial charge in [-0.05, 0) is 17.0 Å². The Morgan fingerprint density at radius 2 is 2.17 bits per heavy atom. The van der Waals surface area contributed by atoms with E-state index in [1.807, 2.05) is 30.5 Å². The highest BCUT2D eigenvalue weighted by molar-refractivity contribution is 5.85. The molecule has 0 aliphatic heterocycles. The summed E-state index contributed by atoms with van der Waals surface area (Å²) in [6, 6.07) is 7.78. The third-order valence-corrected chi connectivity index (χ3v) is 2.92. The normalized spacial score (nSPS) is 12.7. The van der Waals surface area contributed by atoms with Crippen molar-refractivity contribution in [3.63, 3.8) is 0 Å². The molecule has 1 atom stereocenters. The first-order valence-electron chi connectivity index (χ1n) is 5.54. The first-order valence-corrected chi connectivity index (χ1v) is 5.54. The maximum Gasteiger partial charge on any atom is 0.105 e. The number of aromatic amines is 1. The SMILES string of the molecule is NNC(c1cn[nH]n1)c1cccc2cnccc12. The summed E-state index contributed by atoms with van der Waals surface area (Å²) in [5.41, 5.74) is 4.57. The fourth-order valence-corrected chi connectivity index (χ4v) is 2.08. The minimum absolute atomic E-state index is 0.199. The molecule has 0 spiro atoms. The summed E-state index contributed by atoms with van der Waals surface area (Å²) in [7, 11) is 0. The minimum Gasteiger partial charge on any atom is -0.271 e. The highest BCUT2D eigenvalue weighted by Crippen LogP contribution is 2.26. The van der Waals surface area contributed by atoms with Crippen molar-refractivity contribution in [3.05, 3.63) is 54.1 Å². The maximum atomic E-state index is 5.64. The second-order valence-electron chi connectivity index (χ2n) is 3.94. The largest absolute Gasteiger partial charge is 0.271 e. The van der Waals surface area contributed by atoms with Gasteiger partial charge in [0.2, 0.25) is 0 Å². The van der Waals surface area contributed by atoms with Crippen LogP contribution < -0.4 is 11.3 Å². The van der Waals surface area contributed by atoms with E-state index in [-0.39, 0.29) is 6.04 Å². The van der Waals surface area contributed by atoms with Gasteiger partial charge in [-0.15, -0.1) is 0 Å². The summed E-state index contributed by atoms with van der Waals surface area (Å²) in [6.07, 6.45) is 5.25. The molecule has 0 fully saturated rings. The van der Waals surface area contributed by atoms with Crippen LogP contribution in [0.15, 0.2) is 42.9 Å². The quantitative estimate of drug-likeness (QED) is 0.467. The Balaban J connectivity index is 2.18. The third kappa shape index (κ3) is 1.73. The monoisotopic (exact) mass is 240 g/mol. The summed E-state index contributed by atoms with van der Waals surface area (Å²) in [5.74, 6) is 5.64. The van der Waals surface area contributed by atoms with E-state index in [2.05, 4.69) is 25.8 Å². The first kappa shape index (κ1) is 10.8. The lowest BCUT2D eigenvalue weighted by Crippen LogP contribution is -2.29. The van der Waals surface area contributed by atoms with Gasteiger partial charge in [0.15, 0.2) is 0 Å². The van der Waals surface area contributed by atoms with Gasteiger partial charge in [-0.1, -0.05) is 18.2 Å². The van der Waals surface area contributed by atoms with Gasteiger partial charge in [-0.25, -0.2) is 5.43 Å². The molecule has 0 amide bonds. The smallest absolute Gasteiger partial charge is 0.105 e. The predicted molar refractivity (Wildman–Crippen MR) is 67.3 cm³/mol. The highest BCUT2D eigenvalue weighted by atomic mass is 15.3. The number of nitrogens with one attached hydrogen (secondary N) is 2. The van der Waals surface area contributed by atoms with Gasteiger partial charge in [0, 0.05) is 17.8 Å². The van der Waals surface area contributed by atoms with Crippen LogP contribution in [0, 0.1) is 0 Å². The Hall–Kier alpha value is -2.31. The van der Waals surface area contributed by atoms with E-state index in [0.717, 1.165) is 22.0 Å². The number of benzene rings is 1. The molecule has 3 aromatic rings. The van der Waals surface area contributed by atoms with Gasteiger partial charge in [-0.3, -0.25) is 10.8 Å². The van der Waals surface area contributed by atoms with Crippen molar-refractivity contribution in [1.82, 2.24) is 25.8 Å². The van der Waals surface area contributed by atoms with Gasteiger partial charge in [0.1, 0.15) is 5.69 Å². The second-order valence-corrected chi connectivity index (χ2v) is 3.94. The molecule has 1 unspecified atom stereocenters. The van der Waals surface area contributed by atoms with E-state index < -0.39 is 0 Å². The van der Waals surface area contributed by atoms with Crippen molar-refractivity contribution in [2.24, 2.45) is 5.84 Å². The van der Waals surface area contributed by atoms with E-state index in [9.17, 15) is 0 Å². The molecule has 6 heteroatoms. The molecule has 0 saturated carbocycles. The second kappa shape index (κ2) is 4.52. The number of H-pyrrole nitrogens is 1. The third-order valence-electron chi connectivity index (χ3n) is 2.92. The first-order chi connectivity index (χ1) is 8.90. The zero-order chi connectivity index (χ0) is 12.4. The van der Waals surface area contributed by atoms with E-state index in [0.29, 0.717) is 0 Å². The molecule has 6 nitrogen and oxygen atoms in total. The number of hydrogen-bond acceptors (Lipinski definition) is 5. The molecule has 0 aliphatic rings. The summed E-state index contributed by atoms with van der Waals surface area (Å²) in [5, 5.41) is 12.6. The molecule has 2 aromatic heterocycles. The Morgan fingerprint density at radius 1 is 1.22 bits per heavy atom. The van der Waals surface area contributed by atoms with Crippen molar-refractivity contribution >= 4 is 10.8 Å². The van der Waals surface area contributed by atoms with Crippen LogP contribution in [0.25, 0.3) is 10.8 Å². The van der Waals surface area contributed by atoms with E-state index in [4.69, 9.17) is 5.84 Å². The van der Waals surface area contributed by atoms with Gasteiger partial charge in [0.25, 0.3) is 0 Å². The standard InChI is InChI=1S/C12H12N6/c13-16-12(11-7-15-18-17-11)10-3-1-2-8-6-14-5-4-9(8)10/h1-7,12,16H,13H2,(H,15,17,18). The van der Waals surface area contributed by atoms with Crippen LogP contribution in [-0.4, -0.2) is 20.4 Å². The van der Waals surface area contributed by atoms with E-state index in [1.54, 1.807) is 12.4 Å². The van der Waals surface area contributed by atoms with Crippen LogP contribution in [0.4, 0.5) is 0 Å². The predicted octanol–water partition coefficient (Wildman–Crippen LogP) is 0.906. The lowest BCUT2D eigenvalue weighted by atomic mass is 9.99. The van der Waals surface area contributed by atoms with Crippen molar-refractivity contribution < 1.29 is 0 Å². The van der Waals surface area contributed by atoms with Crippen molar-refractivity contribution in [2.45, 2.75) is 6.04 Å². The Morgan fingerprint density at radius 3 is 2.94 bits per heavy atom. The van der Waals surface area contributed by atoms with Crippen LogP contribution in [0.1, 0.15) is 17.3 Å². The summed E-state index contributed by atoms with van der Waals surface area (Å²) in [4.78, 5) is 4.12. The van der Waals surface area contributed by atoms with Crippen molar-refractivity contribution in [2.75, 3.05) is 0 Å². The summed E-state index contributed by atoms with van der Waals surface area (Å²) in [6.45, 7) is 0. The molecule has 0 saturated heterocycles. The van der Waals surface area contributed by atoms with Gasteiger partial charge in [0.05, 0.1) is 12.2 Å². The molecular formula is C12H12N6. The number of nitrogens with two attached hydrogens (primary N) is 1. The van der Waals surface area contributed by atoms with Crippen LogP contribution in [0.2, 0.25) is 0 Å². The lowest BCUT2D eigenvalue weighted by molar-refractivity contribution is 0.622. The van der Waals surface area contributed by atoms with E-state index >= 15 is 0 Å². The van der Waals surface area contributed by atoms with Gasteiger partial charge >= 0.3 is 0 Å². The van der Waals surface area contributed by atoms with Crippen LogP contribution >= 0.6 is 0 Å². The number of pyridine rings is 1. The van der Waals surface area contributed by atoms with Gasteiger partial charge < -0.3 is 0 Å². The molecule has 0 aliphatic carbocycles. The average molecular weight is 240 g/mol. The number of rotatable bonds is 3. The Bertz CT molecular complexity index is 643. The minimum atomic E-state index is -0.199. The fourth-order valence-electron chi connectivity index (χ4n) is 2.08. The zero-order valence-electron chi connectivity index (χ0n) is 9.54. The molecule has 90 valence electrons. The number of nitrogens with zero attached hydrogens (tertiary/aromatic N) is 3. The highest BCUT2D eigenvalue weighted by Gasteiger charge is 2.17. The fraction of sp³-hybridized carbons (Fsp3) is 0.0833. The van der Waals surface area contributed by atoms with Crippen LogP contribution in [-0.2, 0) is 0 Å². The van der Waals surface area contributed by atoms with Gasteiger partial charge in [-0.2, -0.15) is 15.4 Å². The van der Waals surface area contributed by atoms with E-state index in [1.165, 1.54) is 0 Å². The average Bonchev–Trinajstić information content (AvgIpc) is 2.94. The van der Waals surface area contributed by atoms with Crippen LogP contribution in [0.5, 0.6) is 0 Å². The summed E-state index contributed by atoms with van der Waals surface area (Å²) < 4.78 is 0. The lowest BCUT2D eigenvalue weighted by Gasteiger charge is -2.15. The Labute approximate surface area is 103 Å². The molecule has 1 aromatic carbocycles. The molecule has 18 heavy (non-hydrogen) atoms. The molecule has 4 N–H and O–H groups in total. The molecular weight excluding hydrogens is 228 g/mol. The van der Waals surface area contributed by atoms with Crippen molar-refractivity contribution in [1.29, 1.82) is 0 Å². The maximum absolute atomic E-state index is 5.64. The van der Waals surface area contributed by atoms with Crippen molar-refractivity contribution in [3.8, 4) is 0 Å². The number of aromatic nitrogens is 4. The number of fused-ring (bicyclic) bond motifs is 1. The molecule has 3 rings (SSSR count).